The topological polar surface area (TPSA) is 140 Å². The van der Waals surface area contributed by atoms with Crippen molar-refractivity contribution in [3.05, 3.63) is 59.2 Å². The summed E-state index contributed by atoms with van der Waals surface area (Å²) in [5.74, 6) is -1.81. The number of alkyl carbamates (subject to hydrolysis) is 1. The van der Waals surface area contributed by atoms with Gasteiger partial charge in [0.25, 0.3) is 0 Å². The quantitative estimate of drug-likeness (QED) is 0.367. The lowest BCUT2D eigenvalue weighted by Crippen LogP contribution is -2.44. The minimum atomic E-state index is -1.31. The number of ketones is 1. The number of nitrogens with one attached hydrogen (secondary N) is 1. The number of ether oxygens (including phenoxy) is 1. The van der Waals surface area contributed by atoms with Crippen LogP contribution in [-0.4, -0.2) is 63.3 Å². The number of anilines is 1. The smallest absolute Gasteiger partial charge is 0.408 e. The third-order valence-corrected chi connectivity index (χ3v) is 6.55. The van der Waals surface area contributed by atoms with Gasteiger partial charge in [0.15, 0.2) is 5.78 Å². The van der Waals surface area contributed by atoms with E-state index >= 15 is 0 Å². The molecule has 0 aliphatic heterocycles. The standard InChI is InChI=1S/C24H28N6O5S.ClH/c1-15-10-18(29(3)4)11-16(2)22(15)36-23-26-27-28-30(23)13-20(31)19(12-21(32)33)25-24(34)35-14-17-8-6-5-7-9-17;/h5-11,19H,12-14H2,1-4H3,(H,25,34)(H,32,33);1H. The number of amides is 1. The van der Waals surface area contributed by atoms with Crippen molar-refractivity contribution in [1.29, 1.82) is 0 Å². The summed E-state index contributed by atoms with van der Waals surface area (Å²) in [5, 5.41) is 23.6. The van der Waals surface area contributed by atoms with Crippen LogP contribution in [0.2, 0.25) is 0 Å². The van der Waals surface area contributed by atoms with E-state index in [0.717, 1.165) is 27.3 Å². The van der Waals surface area contributed by atoms with Crippen molar-refractivity contribution >= 4 is 47.7 Å². The minimum Gasteiger partial charge on any atom is -0.481 e. The maximum atomic E-state index is 12.9. The number of benzene rings is 2. The van der Waals surface area contributed by atoms with Crippen molar-refractivity contribution in [3.8, 4) is 0 Å². The van der Waals surface area contributed by atoms with Crippen molar-refractivity contribution in [2.45, 2.75) is 49.5 Å². The van der Waals surface area contributed by atoms with Gasteiger partial charge in [0, 0.05) is 24.7 Å². The zero-order valence-electron chi connectivity index (χ0n) is 20.9. The highest BCUT2D eigenvalue weighted by Crippen LogP contribution is 2.34. The Kier molecular flexibility index (Phi) is 10.9. The number of carboxylic acids is 1. The first-order valence-corrected chi connectivity index (χ1v) is 11.9. The average Bonchev–Trinajstić information content (AvgIpc) is 3.26. The zero-order valence-corrected chi connectivity index (χ0v) is 22.5. The number of aromatic nitrogens is 4. The van der Waals surface area contributed by atoms with Gasteiger partial charge in [-0.2, -0.15) is 0 Å². The fraction of sp³-hybridized carbons (Fsp3) is 0.333. The van der Waals surface area contributed by atoms with Gasteiger partial charge >= 0.3 is 12.1 Å². The predicted octanol–water partition coefficient (Wildman–Crippen LogP) is 3.27. The summed E-state index contributed by atoms with van der Waals surface area (Å²) >= 11 is 1.31. The second kappa shape index (κ2) is 13.6. The van der Waals surface area contributed by atoms with Gasteiger partial charge < -0.3 is 20.1 Å². The van der Waals surface area contributed by atoms with Gasteiger partial charge in [-0.3, -0.25) is 9.59 Å². The summed E-state index contributed by atoms with van der Waals surface area (Å²) in [6.07, 6.45) is -1.49. The van der Waals surface area contributed by atoms with Crippen LogP contribution in [0.4, 0.5) is 10.5 Å². The highest BCUT2D eigenvalue weighted by Gasteiger charge is 2.26. The largest absolute Gasteiger partial charge is 0.481 e. The first kappa shape index (κ1) is 29.6. The lowest BCUT2D eigenvalue weighted by atomic mass is 10.1. The third-order valence-electron chi connectivity index (χ3n) is 5.23. The van der Waals surface area contributed by atoms with Crippen LogP contribution in [0, 0.1) is 13.8 Å². The van der Waals surface area contributed by atoms with Crippen molar-refractivity contribution in [3.63, 3.8) is 0 Å². The molecule has 1 unspecified atom stereocenters. The van der Waals surface area contributed by atoms with Gasteiger partial charge in [0.1, 0.15) is 19.2 Å². The molecule has 37 heavy (non-hydrogen) atoms. The summed E-state index contributed by atoms with van der Waals surface area (Å²) in [6, 6.07) is 11.8. The lowest BCUT2D eigenvalue weighted by Gasteiger charge is -2.18. The maximum Gasteiger partial charge on any atom is 0.408 e. The molecule has 0 spiro atoms. The maximum absolute atomic E-state index is 12.9. The Morgan fingerprint density at radius 1 is 1.14 bits per heavy atom. The van der Waals surface area contributed by atoms with Gasteiger partial charge in [-0.05, 0) is 64.9 Å². The van der Waals surface area contributed by atoms with E-state index in [9.17, 15) is 19.5 Å². The molecule has 1 aromatic heterocycles. The summed E-state index contributed by atoms with van der Waals surface area (Å²) < 4.78 is 6.42. The number of Topliss-reactive ketones (excluding diaryl/α,β-unsaturated/α-hetero) is 1. The van der Waals surface area contributed by atoms with Gasteiger partial charge in [0.2, 0.25) is 5.16 Å². The molecule has 0 fully saturated rings. The van der Waals surface area contributed by atoms with E-state index in [2.05, 4.69) is 20.8 Å². The normalized spacial score (nSPS) is 11.2. The zero-order chi connectivity index (χ0) is 26.2. The van der Waals surface area contributed by atoms with E-state index in [1.807, 2.05) is 51.0 Å². The molecule has 0 bridgehead atoms. The van der Waals surface area contributed by atoms with Crippen LogP contribution in [0.15, 0.2) is 52.5 Å². The molecule has 1 atom stereocenters. The predicted molar refractivity (Wildman–Crippen MR) is 140 cm³/mol. The Morgan fingerprint density at radius 2 is 1.78 bits per heavy atom. The highest BCUT2D eigenvalue weighted by atomic mass is 35.5. The van der Waals surface area contributed by atoms with Gasteiger partial charge in [-0.1, -0.05) is 30.3 Å². The fourth-order valence-electron chi connectivity index (χ4n) is 3.39. The number of carbonyl (C=O) groups excluding carboxylic acids is 2. The summed E-state index contributed by atoms with van der Waals surface area (Å²) in [7, 11) is 3.93. The Hall–Kier alpha value is -3.64. The number of aryl methyl sites for hydroxylation is 2. The molecule has 3 rings (SSSR count). The fourth-order valence-corrected chi connectivity index (χ4v) is 4.30. The van der Waals surface area contributed by atoms with Crippen LogP contribution in [0.1, 0.15) is 23.1 Å². The molecule has 3 aromatic rings. The Morgan fingerprint density at radius 3 is 2.38 bits per heavy atom. The number of carboxylic acid groups (broad SMARTS) is 1. The number of aliphatic carboxylic acids is 1. The molecule has 0 aliphatic carbocycles. The molecule has 2 aromatic carbocycles. The van der Waals surface area contributed by atoms with Crippen LogP contribution in [0.5, 0.6) is 0 Å². The summed E-state index contributed by atoms with van der Waals surface area (Å²) in [6.45, 7) is 3.63. The minimum absolute atomic E-state index is 0. The van der Waals surface area contributed by atoms with Gasteiger partial charge in [0.05, 0.1) is 6.42 Å². The first-order valence-electron chi connectivity index (χ1n) is 11.1. The van der Waals surface area contributed by atoms with E-state index in [1.54, 1.807) is 24.3 Å². The SMILES string of the molecule is Cc1cc(N(C)C)cc(C)c1Sc1nnnn1CC(=O)C(CC(=O)O)NC(=O)OCc1ccccc1.Cl. The second-order valence-corrected chi connectivity index (χ2v) is 9.32. The number of hydrogen-bond donors (Lipinski definition) is 2. The first-order chi connectivity index (χ1) is 17.1. The monoisotopic (exact) mass is 548 g/mol. The second-order valence-electron chi connectivity index (χ2n) is 8.35. The molecule has 0 radical (unpaired) electrons. The van der Waals surface area contributed by atoms with Crippen LogP contribution in [-0.2, 0) is 27.5 Å². The Bertz CT molecular complexity index is 1210. The molecule has 0 saturated heterocycles. The molecular weight excluding hydrogens is 520 g/mol. The number of rotatable bonds is 11. The lowest BCUT2D eigenvalue weighted by molar-refractivity contribution is -0.139. The molecule has 0 saturated carbocycles. The van der Waals surface area contributed by atoms with Gasteiger partial charge in [-0.25, -0.2) is 9.48 Å². The number of halogens is 1. The molecule has 11 nitrogen and oxygen atoms in total. The van der Waals surface area contributed by atoms with E-state index in [4.69, 9.17) is 4.74 Å². The summed E-state index contributed by atoms with van der Waals surface area (Å²) in [5.41, 5.74) is 3.87. The molecule has 0 aliphatic rings. The van der Waals surface area contributed by atoms with Crippen LogP contribution in [0.3, 0.4) is 0 Å². The Balaban J connectivity index is 0.00000481. The van der Waals surface area contributed by atoms with Crippen LogP contribution < -0.4 is 10.2 Å². The third kappa shape index (κ3) is 8.46. The number of carbonyl (C=O) groups is 3. The molecule has 198 valence electrons. The van der Waals surface area contributed by atoms with Crippen LogP contribution >= 0.6 is 24.2 Å². The van der Waals surface area contributed by atoms with Crippen molar-refractivity contribution in [2.24, 2.45) is 0 Å². The number of nitrogens with zero attached hydrogens (tertiary/aromatic N) is 5. The molecular formula is C24H29ClN6O5S. The summed E-state index contributed by atoms with van der Waals surface area (Å²) in [4.78, 5) is 39.5. The Labute approximate surface area is 225 Å². The van der Waals surface area contributed by atoms with E-state index in [0.29, 0.717) is 5.16 Å². The van der Waals surface area contributed by atoms with E-state index in [1.165, 1.54) is 16.4 Å². The number of tetrazole rings is 1. The molecule has 1 heterocycles. The molecule has 1 amide bonds. The number of hydrogen-bond acceptors (Lipinski definition) is 9. The average molecular weight is 549 g/mol. The van der Waals surface area contributed by atoms with Crippen molar-refractivity contribution in [2.75, 3.05) is 19.0 Å². The highest BCUT2D eigenvalue weighted by molar-refractivity contribution is 7.99. The molecule has 2 N–H and O–H groups in total. The van der Waals surface area contributed by atoms with E-state index < -0.39 is 30.3 Å². The van der Waals surface area contributed by atoms with E-state index in [-0.39, 0.29) is 25.6 Å². The van der Waals surface area contributed by atoms with Crippen LogP contribution in [0.25, 0.3) is 0 Å². The van der Waals surface area contributed by atoms with Crippen molar-refractivity contribution in [1.82, 2.24) is 25.5 Å². The van der Waals surface area contributed by atoms with Gasteiger partial charge in [-0.15, -0.1) is 17.5 Å². The van der Waals surface area contributed by atoms with Crippen molar-refractivity contribution < 1.29 is 24.2 Å². The molecule has 13 heteroatoms.